The summed E-state index contributed by atoms with van der Waals surface area (Å²) in [4.78, 5) is 16.7. The molecule has 4 rings (SSSR count). The van der Waals surface area contributed by atoms with Crippen molar-refractivity contribution in [3.63, 3.8) is 0 Å². The molecule has 1 saturated heterocycles. The number of carbonyl (C=O) groups is 1. The molecule has 0 amide bonds. The number of aliphatic hydroxyl groups is 1. The number of aliphatic hydroxyl groups excluding tert-OH is 1. The van der Waals surface area contributed by atoms with Gasteiger partial charge in [0.2, 0.25) is 5.78 Å². The van der Waals surface area contributed by atoms with Gasteiger partial charge in [0, 0.05) is 25.2 Å². The van der Waals surface area contributed by atoms with E-state index in [-0.39, 0.29) is 23.9 Å². The van der Waals surface area contributed by atoms with Crippen LogP contribution in [0.25, 0.3) is 6.08 Å². The van der Waals surface area contributed by atoms with E-state index < -0.39 is 0 Å². The fourth-order valence-corrected chi connectivity index (χ4v) is 4.49. The largest absolute Gasteiger partial charge is 0.872 e. The molecule has 33 heavy (non-hydrogen) atoms. The van der Waals surface area contributed by atoms with Gasteiger partial charge < -0.3 is 29.3 Å². The Kier molecular flexibility index (Phi) is 6.88. The zero-order valence-electron chi connectivity index (χ0n) is 19.3. The second kappa shape index (κ2) is 9.82. The van der Waals surface area contributed by atoms with E-state index in [1.807, 2.05) is 6.07 Å². The van der Waals surface area contributed by atoms with Crippen molar-refractivity contribution in [2.24, 2.45) is 0 Å². The van der Waals surface area contributed by atoms with Crippen LogP contribution in [-0.2, 0) is 6.54 Å². The van der Waals surface area contributed by atoms with Crippen LogP contribution in [0.1, 0.15) is 27.0 Å². The van der Waals surface area contributed by atoms with Crippen molar-refractivity contribution in [1.82, 2.24) is 4.90 Å². The van der Waals surface area contributed by atoms with Crippen LogP contribution in [0.5, 0.6) is 23.0 Å². The zero-order chi connectivity index (χ0) is 23.5. The Balaban J connectivity index is 1.60. The van der Waals surface area contributed by atoms with Crippen LogP contribution < -0.4 is 24.2 Å². The van der Waals surface area contributed by atoms with Crippen molar-refractivity contribution < 1.29 is 34.1 Å². The highest BCUT2D eigenvalue weighted by Crippen LogP contribution is 2.41. The normalized spacial score (nSPS) is 17.8. The number of rotatable bonds is 7. The summed E-state index contributed by atoms with van der Waals surface area (Å²) >= 11 is 0. The maximum atomic E-state index is 13.2. The van der Waals surface area contributed by atoms with Gasteiger partial charge in [0.1, 0.15) is 12.3 Å². The molecular weight excluding hydrogens is 424 g/mol. The van der Waals surface area contributed by atoms with Gasteiger partial charge in [-0.3, -0.25) is 9.69 Å². The summed E-state index contributed by atoms with van der Waals surface area (Å²) in [6.45, 7) is 6.55. The minimum Gasteiger partial charge on any atom is -0.872 e. The predicted octanol–water partition coefficient (Wildman–Crippen LogP) is 0.395. The first-order valence-electron chi connectivity index (χ1n) is 11.1. The van der Waals surface area contributed by atoms with E-state index in [9.17, 15) is 9.90 Å². The van der Waals surface area contributed by atoms with Crippen molar-refractivity contribution in [2.45, 2.75) is 13.5 Å². The fourth-order valence-electron chi connectivity index (χ4n) is 4.49. The lowest BCUT2D eigenvalue weighted by molar-refractivity contribution is -0.918. The summed E-state index contributed by atoms with van der Waals surface area (Å²) in [6, 6.07) is 6.89. The summed E-state index contributed by atoms with van der Waals surface area (Å²) in [7, 11) is 3.12. The Bertz CT molecular complexity index is 1070. The number of carbonyl (C=O) groups excluding carboxylic acids is 1. The number of nitrogens with one attached hydrogen (secondary N) is 1. The summed E-state index contributed by atoms with van der Waals surface area (Å²) < 4.78 is 16.7. The quantitative estimate of drug-likeness (QED) is 0.585. The van der Waals surface area contributed by atoms with E-state index in [2.05, 4.69) is 4.90 Å². The van der Waals surface area contributed by atoms with Crippen LogP contribution in [0.2, 0.25) is 0 Å². The van der Waals surface area contributed by atoms with Gasteiger partial charge in [0.25, 0.3) is 0 Å². The standard InChI is InChI=1S/C25H30N2O6/c1-16-12-19(29)18(15-27-8-6-26(7-9-27)10-11-28)25-23(16)24(30)22(33-25)14-17-4-5-20(31-2)21(13-17)32-3/h4-5,12-14,28-29H,6-11,15H2,1-3H3. The maximum Gasteiger partial charge on any atom is 0.232 e. The third kappa shape index (κ3) is 4.68. The number of quaternary nitrogens is 1. The Morgan fingerprint density at radius 3 is 2.58 bits per heavy atom. The molecule has 8 heteroatoms. The van der Waals surface area contributed by atoms with E-state index in [4.69, 9.17) is 19.3 Å². The molecule has 0 spiro atoms. The average Bonchev–Trinajstić information content (AvgIpc) is 3.14. The highest BCUT2D eigenvalue weighted by Gasteiger charge is 2.33. The van der Waals surface area contributed by atoms with Crippen LogP contribution in [0.3, 0.4) is 0 Å². The molecule has 2 heterocycles. The van der Waals surface area contributed by atoms with Crippen molar-refractivity contribution in [1.29, 1.82) is 0 Å². The molecule has 1 fully saturated rings. The van der Waals surface area contributed by atoms with Gasteiger partial charge in [-0.05, 0) is 36.3 Å². The lowest BCUT2D eigenvalue weighted by atomic mass is 9.99. The number of piperazine rings is 1. The third-order valence-electron chi connectivity index (χ3n) is 6.31. The zero-order valence-corrected chi connectivity index (χ0v) is 19.3. The minimum absolute atomic E-state index is 0.100. The van der Waals surface area contributed by atoms with Crippen LogP contribution in [0.15, 0.2) is 30.0 Å². The summed E-state index contributed by atoms with van der Waals surface area (Å²) in [5.74, 6) is 1.41. The predicted molar refractivity (Wildman–Crippen MR) is 121 cm³/mol. The Labute approximate surface area is 193 Å². The summed E-state index contributed by atoms with van der Waals surface area (Å²) in [5.41, 5.74) is 2.37. The van der Waals surface area contributed by atoms with Gasteiger partial charge in [0.15, 0.2) is 17.3 Å². The van der Waals surface area contributed by atoms with Crippen LogP contribution >= 0.6 is 0 Å². The topological polar surface area (TPSA) is 95.7 Å². The van der Waals surface area contributed by atoms with Crippen molar-refractivity contribution in [2.75, 3.05) is 53.6 Å². The van der Waals surface area contributed by atoms with Crippen molar-refractivity contribution >= 4 is 11.9 Å². The molecular formula is C25H30N2O6. The monoisotopic (exact) mass is 454 g/mol. The van der Waals surface area contributed by atoms with Gasteiger partial charge >= 0.3 is 0 Å². The first-order valence-corrected chi connectivity index (χ1v) is 11.1. The van der Waals surface area contributed by atoms with E-state index in [1.54, 1.807) is 39.4 Å². The highest BCUT2D eigenvalue weighted by molar-refractivity contribution is 6.15. The number of hydrogen-bond acceptors (Lipinski definition) is 7. The van der Waals surface area contributed by atoms with Crippen molar-refractivity contribution in [3.8, 4) is 23.0 Å². The van der Waals surface area contributed by atoms with Crippen molar-refractivity contribution in [3.05, 3.63) is 52.3 Å². The van der Waals surface area contributed by atoms with E-state index >= 15 is 0 Å². The molecule has 0 unspecified atom stereocenters. The highest BCUT2D eigenvalue weighted by atomic mass is 16.5. The Morgan fingerprint density at radius 2 is 1.91 bits per heavy atom. The van der Waals surface area contributed by atoms with Crippen LogP contribution in [0.4, 0.5) is 0 Å². The molecule has 2 aromatic carbocycles. The minimum atomic E-state index is -0.221. The molecule has 0 radical (unpaired) electrons. The first-order chi connectivity index (χ1) is 15.9. The lowest BCUT2D eigenvalue weighted by Gasteiger charge is -2.32. The number of ether oxygens (including phenoxy) is 3. The maximum absolute atomic E-state index is 13.2. The number of benzene rings is 2. The molecule has 176 valence electrons. The number of fused-ring (bicyclic) bond motifs is 1. The molecule has 2 aliphatic rings. The van der Waals surface area contributed by atoms with E-state index in [0.29, 0.717) is 47.0 Å². The van der Waals surface area contributed by atoms with Gasteiger partial charge in [-0.1, -0.05) is 17.9 Å². The molecule has 0 atom stereocenters. The SMILES string of the molecule is COc1ccc(C=C2Oc3c(C[NH+]4CCN(CCO)CC4)c([O-])cc(C)c3C2=O)cc1OC. The number of β-amino-alcohol motifs (C(OH)–C–C–N with tert-alkyl or cyclic N) is 1. The number of aryl methyl sites for hydroxylation is 1. The molecule has 2 N–H and O–H groups in total. The second-order valence-corrected chi connectivity index (χ2v) is 8.42. The summed E-state index contributed by atoms with van der Waals surface area (Å²) in [5, 5.41) is 22.0. The Hall–Kier alpha value is -3.07. The van der Waals surface area contributed by atoms with Crippen LogP contribution in [0, 0.1) is 6.92 Å². The fraction of sp³-hybridized carbons (Fsp3) is 0.400. The molecule has 0 aliphatic carbocycles. The number of Topliss-reactive ketones (excluding diaryl/α,β-unsaturated/α-hetero) is 1. The third-order valence-corrected chi connectivity index (χ3v) is 6.31. The smallest absolute Gasteiger partial charge is 0.232 e. The van der Waals surface area contributed by atoms with Gasteiger partial charge in [-0.25, -0.2) is 0 Å². The van der Waals surface area contributed by atoms with Gasteiger partial charge in [-0.2, -0.15) is 0 Å². The Morgan fingerprint density at radius 1 is 1.18 bits per heavy atom. The van der Waals surface area contributed by atoms with Gasteiger partial charge in [0.05, 0.1) is 39.5 Å². The average molecular weight is 455 g/mol. The molecule has 8 nitrogen and oxygen atoms in total. The molecule has 0 bridgehead atoms. The van der Waals surface area contributed by atoms with Gasteiger partial charge in [-0.15, -0.1) is 0 Å². The lowest BCUT2D eigenvalue weighted by Crippen LogP contribution is -3.13. The van der Waals surface area contributed by atoms with Crippen LogP contribution in [-0.4, -0.2) is 69.3 Å². The second-order valence-electron chi connectivity index (χ2n) is 8.42. The molecule has 2 aromatic rings. The molecule has 0 aromatic heterocycles. The molecule has 2 aliphatic heterocycles. The van der Waals surface area contributed by atoms with E-state index in [0.717, 1.165) is 31.7 Å². The number of ketones is 1. The summed E-state index contributed by atoms with van der Waals surface area (Å²) in [6.07, 6.45) is 1.67. The number of hydrogen-bond donors (Lipinski definition) is 2. The van der Waals surface area contributed by atoms with E-state index in [1.165, 1.54) is 11.0 Å². The first kappa shape index (κ1) is 23.1. The number of nitrogens with zero attached hydrogens (tertiary/aromatic N) is 1. The number of allylic oxidation sites excluding steroid dienone is 1. The number of methoxy groups -OCH3 is 2. The molecule has 0 saturated carbocycles.